The quantitative estimate of drug-likeness (QED) is 0.785. The zero-order valence-corrected chi connectivity index (χ0v) is 11.1. The molecule has 5 nitrogen and oxygen atoms in total. The first-order valence-electron chi connectivity index (χ1n) is 5.57. The second kappa shape index (κ2) is 6.56. The topological polar surface area (TPSA) is 71.5 Å². The third-order valence-corrected chi connectivity index (χ3v) is 3.11. The molecule has 0 bridgehead atoms. The van der Waals surface area contributed by atoms with Crippen LogP contribution in [0, 0.1) is 5.92 Å². The fourth-order valence-corrected chi connectivity index (χ4v) is 1.99. The average molecular weight is 258 g/mol. The summed E-state index contributed by atoms with van der Waals surface area (Å²) < 4.78 is 5.38. The highest BCUT2D eigenvalue weighted by atomic mass is 32.1. The molecule has 1 rings (SSSR count). The first-order chi connectivity index (χ1) is 8.04. The van der Waals surface area contributed by atoms with Gasteiger partial charge < -0.3 is 15.2 Å². The molecule has 1 heterocycles. The van der Waals surface area contributed by atoms with Gasteiger partial charge >= 0.3 is 5.97 Å². The number of carboxylic acids is 1. The van der Waals surface area contributed by atoms with Crippen LogP contribution in [0.5, 0.6) is 0 Å². The van der Waals surface area contributed by atoms with Gasteiger partial charge in [0.2, 0.25) is 0 Å². The molecule has 6 heteroatoms. The number of aromatic nitrogens is 1. The van der Waals surface area contributed by atoms with Gasteiger partial charge in [-0.05, 0) is 12.8 Å². The van der Waals surface area contributed by atoms with Crippen molar-refractivity contribution in [2.24, 2.45) is 5.92 Å². The van der Waals surface area contributed by atoms with Crippen molar-refractivity contribution in [1.82, 2.24) is 4.98 Å². The van der Waals surface area contributed by atoms with Gasteiger partial charge in [0.1, 0.15) is 0 Å². The van der Waals surface area contributed by atoms with E-state index in [1.807, 2.05) is 6.92 Å². The minimum absolute atomic E-state index is 0.0800. The minimum Gasteiger partial charge on any atom is -0.476 e. The van der Waals surface area contributed by atoms with Crippen molar-refractivity contribution in [3.05, 3.63) is 11.1 Å². The van der Waals surface area contributed by atoms with Gasteiger partial charge in [0.05, 0.1) is 12.6 Å². The summed E-state index contributed by atoms with van der Waals surface area (Å²) in [5.41, 5.74) is 0.0800. The van der Waals surface area contributed by atoms with Crippen molar-refractivity contribution < 1.29 is 14.6 Å². The molecule has 0 aliphatic rings. The first kappa shape index (κ1) is 13.9. The van der Waals surface area contributed by atoms with Gasteiger partial charge in [0.15, 0.2) is 10.8 Å². The summed E-state index contributed by atoms with van der Waals surface area (Å²) in [7, 11) is 0. The highest BCUT2D eigenvalue weighted by molar-refractivity contribution is 7.13. The summed E-state index contributed by atoms with van der Waals surface area (Å²) in [6.45, 7) is 7.38. The number of carboxylic acid groups (broad SMARTS) is 1. The summed E-state index contributed by atoms with van der Waals surface area (Å²) in [4.78, 5) is 14.7. The van der Waals surface area contributed by atoms with Crippen molar-refractivity contribution in [3.8, 4) is 0 Å². The Kier molecular flexibility index (Phi) is 5.37. The van der Waals surface area contributed by atoms with Crippen LogP contribution in [-0.2, 0) is 4.74 Å². The number of nitrogens with zero attached hydrogens (tertiary/aromatic N) is 1. The molecule has 96 valence electrons. The molecule has 17 heavy (non-hydrogen) atoms. The fourth-order valence-electron chi connectivity index (χ4n) is 1.24. The van der Waals surface area contributed by atoms with Gasteiger partial charge in [0, 0.05) is 12.0 Å². The Bertz CT molecular complexity index is 365. The van der Waals surface area contributed by atoms with E-state index in [1.165, 1.54) is 16.7 Å². The predicted octanol–water partition coefficient (Wildman–Crippen LogP) is 2.31. The van der Waals surface area contributed by atoms with Crippen LogP contribution in [0.4, 0.5) is 5.13 Å². The Labute approximate surface area is 105 Å². The van der Waals surface area contributed by atoms with Crippen LogP contribution in [0.25, 0.3) is 0 Å². The summed E-state index contributed by atoms with van der Waals surface area (Å²) in [5.74, 6) is -0.612. The van der Waals surface area contributed by atoms with E-state index in [2.05, 4.69) is 24.1 Å². The molecule has 1 atom stereocenters. The predicted molar refractivity (Wildman–Crippen MR) is 67.8 cm³/mol. The number of nitrogens with one attached hydrogen (secondary N) is 1. The molecule has 1 aromatic heterocycles. The van der Waals surface area contributed by atoms with Crippen molar-refractivity contribution in [1.29, 1.82) is 0 Å². The molecule has 0 spiro atoms. The van der Waals surface area contributed by atoms with Crippen molar-refractivity contribution in [2.75, 3.05) is 18.5 Å². The summed E-state index contributed by atoms with van der Waals surface area (Å²) >= 11 is 1.30. The van der Waals surface area contributed by atoms with Gasteiger partial charge in [-0.15, -0.1) is 11.3 Å². The van der Waals surface area contributed by atoms with E-state index in [4.69, 9.17) is 9.84 Å². The monoisotopic (exact) mass is 258 g/mol. The van der Waals surface area contributed by atoms with E-state index in [0.717, 1.165) is 0 Å². The Morgan fingerprint density at radius 3 is 2.82 bits per heavy atom. The minimum atomic E-state index is -1.000. The normalized spacial score (nSPS) is 12.7. The largest absolute Gasteiger partial charge is 0.476 e. The zero-order valence-electron chi connectivity index (χ0n) is 10.3. The van der Waals surface area contributed by atoms with Crippen LogP contribution in [-0.4, -0.2) is 35.3 Å². The highest BCUT2D eigenvalue weighted by Crippen LogP contribution is 2.18. The van der Waals surface area contributed by atoms with Gasteiger partial charge in [-0.3, -0.25) is 0 Å². The molecule has 0 radical (unpaired) electrons. The molecule has 0 amide bonds. The summed E-state index contributed by atoms with van der Waals surface area (Å²) in [6.07, 6.45) is 0. The van der Waals surface area contributed by atoms with Crippen LogP contribution in [0.2, 0.25) is 0 Å². The maximum atomic E-state index is 10.7. The Hall–Kier alpha value is -1.14. The fraction of sp³-hybridized carbons (Fsp3) is 0.636. The summed E-state index contributed by atoms with van der Waals surface area (Å²) in [5, 5.41) is 14.1. The van der Waals surface area contributed by atoms with E-state index in [0.29, 0.717) is 24.3 Å². The zero-order chi connectivity index (χ0) is 12.8. The molecule has 1 unspecified atom stereocenters. The Morgan fingerprint density at radius 2 is 2.35 bits per heavy atom. The number of anilines is 1. The van der Waals surface area contributed by atoms with Crippen molar-refractivity contribution in [2.45, 2.75) is 26.8 Å². The first-order valence-corrected chi connectivity index (χ1v) is 6.45. The molecule has 0 aromatic carbocycles. The van der Waals surface area contributed by atoms with Gasteiger partial charge in [0.25, 0.3) is 0 Å². The molecule has 0 saturated carbocycles. The molecule has 0 fully saturated rings. The van der Waals surface area contributed by atoms with Crippen LogP contribution in [0.15, 0.2) is 5.38 Å². The van der Waals surface area contributed by atoms with Gasteiger partial charge in [-0.2, -0.15) is 0 Å². The molecule has 0 aliphatic heterocycles. The van der Waals surface area contributed by atoms with Gasteiger partial charge in [-0.1, -0.05) is 13.8 Å². The number of hydrogen-bond donors (Lipinski definition) is 2. The molecule has 1 aromatic rings. The number of rotatable bonds is 7. The second-order valence-corrected chi connectivity index (χ2v) is 4.86. The van der Waals surface area contributed by atoms with Crippen molar-refractivity contribution in [3.63, 3.8) is 0 Å². The molecule has 2 N–H and O–H groups in total. The Balaban J connectivity index is 2.61. The number of aromatic carboxylic acids is 1. The van der Waals surface area contributed by atoms with E-state index >= 15 is 0 Å². The molecule has 0 aliphatic carbocycles. The van der Waals surface area contributed by atoms with E-state index < -0.39 is 5.97 Å². The van der Waals surface area contributed by atoms with E-state index in [1.54, 1.807) is 0 Å². The Morgan fingerprint density at radius 1 is 1.65 bits per heavy atom. The second-order valence-electron chi connectivity index (χ2n) is 4.00. The van der Waals surface area contributed by atoms with Crippen molar-refractivity contribution >= 4 is 22.4 Å². The lowest BCUT2D eigenvalue weighted by atomic mass is 10.1. The number of thiazole rings is 1. The maximum absolute atomic E-state index is 10.7. The third kappa shape index (κ3) is 4.32. The van der Waals surface area contributed by atoms with Crippen LogP contribution in [0.1, 0.15) is 31.3 Å². The molecular formula is C11H18N2O3S. The molecule has 0 saturated heterocycles. The summed E-state index contributed by atoms with van der Waals surface area (Å²) in [6, 6.07) is 0.141. The number of ether oxygens (including phenoxy) is 1. The van der Waals surface area contributed by atoms with Crippen LogP contribution < -0.4 is 5.32 Å². The lowest BCUT2D eigenvalue weighted by molar-refractivity contribution is 0.0691. The average Bonchev–Trinajstić information content (AvgIpc) is 2.72. The number of carbonyl (C=O) groups is 1. The smallest absolute Gasteiger partial charge is 0.355 e. The highest BCUT2D eigenvalue weighted by Gasteiger charge is 2.16. The maximum Gasteiger partial charge on any atom is 0.355 e. The third-order valence-electron chi connectivity index (χ3n) is 2.34. The van der Waals surface area contributed by atoms with Crippen LogP contribution >= 0.6 is 11.3 Å². The van der Waals surface area contributed by atoms with Crippen LogP contribution in [0.3, 0.4) is 0 Å². The van der Waals surface area contributed by atoms with E-state index in [-0.39, 0.29) is 11.7 Å². The standard InChI is InChI=1S/C11H18N2O3S/c1-4-16-5-8(7(2)3)12-11-13-9(6-17-11)10(14)15/h6-8H,4-5H2,1-3H3,(H,12,13)(H,14,15). The lowest BCUT2D eigenvalue weighted by Gasteiger charge is -2.21. The number of hydrogen-bond acceptors (Lipinski definition) is 5. The molecular weight excluding hydrogens is 240 g/mol. The van der Waals surface area contributed by atoms with Gasteiger partial charge in [-0.25, -0.2) is 9.78 Å². The van der Waals surface area contributed by atoms with E-state index in [9.17, 15) is 4.79 Å². The SMILES string of the molecule is CCOCC(Nc1nc(C(=O)O)cs1)C(C)C. The lowest BCUT2D eigenvalue weighted by Crippen LogP contribution is -2.30.